The van der Waals surface area contributed by atoms with E-state index in [9.17, 15) is 5.11 Å². The molecule has 0 aromatic heterocycles. The van der Waals surface area contributed by atoms with Crippen molar-refractivity contribution in [2.24, 2.45) is 0 Å². The first-order chi connectivity index (χ1) is 8.98. The van der Waals surface area contributed by atoms with Crippen LogP contribution in [0.2, 0.25) is 0 Å². The highest BCUT2D eigenvalue weighted by Gasteiger charge is 2.17. The second kappa shape index (κ2) is 7.36. The van der Waals surface area contributed by atoms with Crippen molar-refractivity contribution in [1.29, 1.82) is 0 Å². The summed E-state index contributed by atoms with van der Waals surface area (Å²) >= 11 is 0. The van der Waals surface area contributed by atoms with E-state index in [1.54, 1.807) is 21.0 Å². The number of methoxy groups -OCH3 is 1. The van der Waals surface area contributed by atoms with Crippen LogP contribution in [0.15, 0.2) is 18.2 Å². The summed E-state index contributed by atoms with van der Waals surface area (Å²) in [7, 11) is 1.62. The molecular weight excluding hydrogens is 242 g/mol. The predicted octanol–water partition coefficient (Wildman–Crippen LogP) is 2.34. The summed E-state index contributed by atoms with van der Waals surface area (Å²) in [6.45, 7) is 7.49. The van der Waals surface area contributed by atoms with E-state index in [2.05, 4.69) is 12.2 Å². The van der Waals surface area contributed by atoms with Gasteiger partial charge in [-0.15, -0.1) is 0 Å². The van der Waals surface area contributed by atoms with E-state index in [0.29, 0.717) is 11.5 Å². The minimum Gasteiger partial charge on any atom is -0.493 e. The van der Waals surface area contributed by atoms with Gasteiger partial charge in [-0.3, -0.25) is 0 Å². The fourth-order valence-corrected chi connectivity index (χ4v) is 1.67. The number of hydrogen-bond acceptors (Lipinski definition) is 4. The number of aliphatic hydroxyl groups is 1. The van der Waals surface area contributed by atoms with Gasteiger partial charge in [0.25, 0.3) is 0 Å². The molecule has 0 spiro atoms. The van der Waals surface area contributed by atoms with Crippen LogP contribution in [0.1, 0.15) is 32.8 Å². The van der Waals surface area contributed by atoms with Crippen LogP contribution in [0.3, 0.4) is 0 Å². The molecular formula is C15H25NO3. The molecule has 0 aliphatic carbocycles. The maximum atomic E-state index is 9.77. The molecule has 0 amide bonds. The van der Waals surface area contributed by atoms with Crippen molar-refractivity contribution in [2.75, 3.05) is 20.3 Å². The van der Waals surface area contributed by atoms with Gasteiger partial charge in [0.05, 0.1) is 12.7 Å². The summed E-state index contributed by atoms with van der Waals surface area (Å²) in [5.41, 5.74) is 0.173. The lowest BCUT2D eigenvalue weighted by Crippen LogP contribution is -2.28. The number of para-hydroxylation sites is 1. The van der Waals surface area contributed by atoms with Gasteiger partial charge in [-0.1, -0.05) is 19.1 Å². The lowest BCUT2D eigenvalue weighted by Gasteiger charge is -2.21. The quantitative estimate of drug-likeness (QED) is 0.710. The second-order valence-electron chi connectivity index (χ2n) is 5.23. The normalized spacial score (nSPS) is 11.4. The molecule has 0 aliphatic rings. The first-order valence-electron chi connectivity index (χ1n) is 6.69. The molecule has 108 valence electrons. The minimum atomic E-state index is -0.866. The van der Waals surface area contributed by atoms with Gasteiger partial charge in [0.1, 0.15) is 6.61 Å². The summed E-state index contributed by atoms with van der Waals surface area (Å²) in [4.78, 5) is 0. The fourth-order valence-electron chi connectivity index (χ4n) is 1.67. The van der Waals surface area contributed by atoms with Crippen LogP contribution in [-0.2, 0) is 6.54 Å². The van der Waals surface area contributed by atoms with Gasteiger partial charge in [0.15, 0.2) is 11.5 Å². The summed E-state index contributed by atoms with van der Waals surface area (Å²) in [6, 6.07) is 5.81. The van der Waals surface area contributed by atoms with Crippen molar-refractivity contribution in [1.82, 2.24) is 5.32 Å². The largest absolute Gasteiger partial charge is 0.493 e. The molecule has 0 aliphatic heterocycles. The third-order valence-corrected chi connectivity index (χ3v) is 2.59. The predicted molar refractivity (Wildman–Crippen MR) is 76.8 cm³/mol. The van der Waals surface area contributed by atoms with Crippen LogP contribution in [0.25, 0.3) is 0 Å². The Labute approximate surface area is 115 Å². The summed E-state index contributed by atoms with van der Waals surface area (Å²) in [6.07, 6.45) is 1.09. The first kappa shape index (κ1) is 15.8. The Morgan fingerprint density at radius 1 is 1.32 bits per heavy atom. The van der Waals surface area contributed by atoms with Gasteiger partial charge in [-0.05, 0) is 32.9 Å². The zero-order chi connectivity index (χ0) is 14.3. The van der Waals surface area contributed by atoms with Crippen molar-refractivity contribution >= 4 is 0 Å². The Bertz CT molecular complexity index is 385. The van der Waals surface area contributed by atoms with Crippen molar-refractivity contribution in [3.8, 4) is 11.5 Å². The number of nitrogens with one attached hydrogen (secondary N) is 1. The number of benzene rings is 1. The molecule has 1 aromatic carbocycles. The highest BCUT2D eigenvalue weighted by molar-refractivity contribution is 5.46. The molecule has 0 bridgehead atoms. The summed E-state index contributed by atoms with van der Waals surface area (Å²) in [5.74, 6) is 1.40. The highest BCUT2D eigenvalue weighted by Crippen LogP contribution is 2.31. The molecule has 0 radical (unpaired) electrons. The van der Waals surface area contributed by atoms with Gasteiger partial charge in [0.2, 0.25) is 0 Å². The third kappa shape index (κ3) is 5.49. The van der Waals surface area contributed by atoms with E-state index < -0.39 is 5.60 Å². The minimum absolute atomic E-state index is 0.230. The number of ether oxygens (including phenoxy) is 2. The van der Waals surface area contributed by atoms with Gasteiger partial charge in [0, 0.05) is 12.1 Å². The standard InChI is InChI=1S/C15H25NO3/c1-5-9-16-10-12-7-6-8-13(18-4)14(12)19-11-15(2,3)17/h6-8,16-17H,5,9-11H2,1-4H3. The summed E-state index contributed by atoms with van der Waals surface area (Å²) in [5, 5.41) is 13.1. The lowest BCUT2D eigenvalue weighted by molar-refractivity contribution is 0.0272. The third-order valence-electron chi connectivity index (χ3n) is 2.59. The van der Waals surface area contributed by atoms with Crippen molar-refractivity contribution < 1.29 is 14.6 Å². The smallest absolute Gasteiger partial charge is 0.165 e. The molecule has 4 nitrogen and oxygen atoms in total. The van der Waals surface area contributed by atoms with Crippen molar-refractivity contribution in [3.63, 3.8) is 0 Å². The molecule has 0 saturated carbocycles. The Morgan fingerprint density at radius 3 is 2.63 bits per heavy atom. The number of hydrogen-bond donors (Lipinski definition) is 2. The van der Waals surface area contributed by atoms with Crippen molar-refractivity contribution in [3.05, 3.63) is 23.8 Å². The van der Waals surface area contributed by atoms with Crippen LogP contribution in [0.4, 0.5) is 0 Å². The molecule has 19 heavy (non-hydrogen) atoms. The van der Waals surface area contributed by atoms with E-state index in [1.807, 2.05) is 18.2 Å². The Hall–Kier alpha value is -1.26. The Morgan fingerprint density at radius 2 is 2.05 bits per heavy atom. The molecule has 0 atom stereocenters. The van der Waals surface area contributed by atoms with Crippen LogP contribution in [0.5, 0.6) is 11.5 Å². The molecule has 0 fully saturated rings. The van der Waals surface area contributed by atoms with Gasteiger partial charge in [-0.2, -0.15) is 0 Å². The van der Waals surface area contributed by atoms with E-state index in [4.69, 9.17) is 9.47 Å². The average Bonchev–Trinajstić information content (AvgIpc) is 2.36. The van der Waals surface area contributed by atoms with E-state index >= 15 is 0 Å². The Balaban J connectivity index is 2.83. The average molecular weight is 267 g/mol. The fraction of sp³-hybridized carbons (Fsp3) is 0.600. The Kier molecular flexibility index (Phi) is 6.12. The number of rotatable bonds is 8. The summed E-state index contributed by atoms with van der Waals surface area (Å²) < 4.78 is 11.1. The van der Waals surface area contributed by atoms with Crippen LogP contribution >= 0.6 is 0 Å². The SMILES string of the molecule is CCCNCc1cccc(OC)c1OCC(C)(C)O. The van der Waals surface area contributed by atoms with Gasteiger partial charge >= 0.3 is 0 Å². The maximum Gasteiger partial charge on any atom is 0.165 e. The van der Waals surface area contributed by atoms with Crippen molar-refractivity contribution in [2.45, 2.75) is 39.3 Å². The molecule has 0 unspecified atom stereocenters. The molecule has 1 aromatic rings. The van der Waals surface area contributed by atoms with Gasteiger partial charge < -0.3 is 19.9 Å². The molecule has 4 heteroatoms. The zero-order valence-corrected chi connectivity index (χ0v) is 12.3. The topological polar surface area (TPSA) is 50.7 Å². The molecule has 2 N–H and O–H groups in total. The monoisotopic (exact) mass is 267 g/mol. The van der Waals surface area contributed by atoms with Crippen LogP contribution < -0.4 is 14.8 Å². The van der Waals surface area contributed by atoms with Crippen LogP contribution in [-0.4, -0.2) is 31.0 Å². The zero-order valence-electron chi connectivity index (χ0n) is 12.3. The molecule has 0 saturated heterocycles. The first-order valence-corrected chi connectivity index (χ1v) is 6.69. The van der Waals surface area contributed by atoms with E-state index in [0.717, 1.165) is 25.1 Å². The highest BCUT2D eigenvalue weighted by atomic mass is 16.5. The van der Waals surface area contributed by atoms with E-state index in [1.165, 1.54) is 0 Å². The lowest BCUT2D eigenvalue weighted by atomic mass is 10.1. The van der Waals surface area contributed by atoms with E-state index in [-0.39, 0.29) is 6.61 Å². The molecule has 1 rings (SSSR count). The van der Waals surface area contributed by atoms with Crippen LogP contribution in [0, 0.1) is 0 Å². The van der Waals surface area contributed by atoms with Gasteiger partial charge in [-0.25, -0.2) is 0 Å². The second-order valence-corrected chi connectivity index (χ2v) is 5.23. The maximum absolute atomic E-state index is 9.77. The molecule has 0 heterocycles.